The molecule has 4 rings (SSSR count). The average molecular weight is 301 g/mol. The molecular weight excluding hydrogens is 282 g/mol. The Morgan fingerprint density at radius 1 is 1.41 bits per heavy atom. The maximum Gasteiger partial charge on any atom is 0.319 e. The molecule has 2 fully saturated rings. The number of aromatic nitrogens is 1. The topological polar surface area (TPSA) is 87.4 Å². The molecule has 0 radical (unpaired) electrons. The Hall–Kier alpha value is -2.08. The Kier molecular flexibility index (Phi) is 3.07. The molecule has 0 aliphatic heterocycles. The van der Waals surface area contributed by atoms with Gasteiger partial charge < -0.3 is 20.2 Å². The van der Waals surface area contributed by atoms with Crippen LogP contribution in [0.4, 0.5) is 10.5 Å². The van der Waals surface area contributed by atoms with Crippen molar-refractivity contribution in [3.05, 3.63) is 24.1 Å². The first-order valence-corrected chi connectivity index (χ1v) is 7.74. The van der Waals surface area contributed by atoms with Gasteiger partial charge in [-0.1, -0.05) is 0 Å². The third-order valence-electron chi connectivity index (χ3n) is 4.51. The molecule has 1 aromatic carbocycles. The van der Waals surface area contributed by atoms with Crippen LogP contribution in [0.15, 0.2) is 22.6 Å². The van der Waals surface area contributed by atoms with Crippen molar-refractivity contribution in [1.82, 2.24) is 10.3 Å². The summed E-state index contributed by atoms with van der Waals surface area (Å²) in [6, 6.07) is 5.20. The van der Waals surface area contributed by atoms with Crippen molar-refractivity contribution in [2.75, 3.05) is 18.5 Å². The van der Waals surface area contributed by atoms with Crippen LogP contribution in [0.5, 0.6) is 0 Å². The van der Waals surface area contributed by atoms with E-state index in [0.717, 1.165) is 42.7 Å². The molecule has 2 saturated carbocycles. The second kappa shape index (κ2) is 4.98. The van der Waals surface area contributed by atoms with Gasteiger partial charge in [-0.2, -0.15) is 0 Å². The lowest BCUT2D eigenvalue weighted by Gasteiger charge is -2.13. The number of anilines is 1. The first-order chi connectivity index (χ1) is 10.7. The van der Waals surface area contributed by atoms with Crippen LogP contribution in [0.3, 0.4) is 0 Å². The highest BCUT2D eigenvalue weighted by Crippen LogP contribution is 2.44. The van der Waals surface area contributed by atoms with E-state index in [2.05, 4.69) is 15.6 Å². The summed E-state index contributed by atoms with van der Waals surface area (Å²) in [5.74, 6) is 1.27. The van der Waals surface area contributed by atoms with Crippen molar-refractivity contribution in [3.8, 4) is 0 Å². The van der Waals surface area contributed by atoms with Gasteiger partial charge in [-0.3, -0.25) is 0 Å². The number of hydrogen-bond acceptors (Lipinski definition) is 4. The van der Waals surface area contributed by atoms with Crippen LogP contribution in [0, 0.1) is 5.41 Å². The molecular formula is C16H19N3O3. The Morgan fingerprint density at radius 2 is 2.23 bits per heavy atom. The van der Waals surface area contributed by atoms with Crippen LogP contribution >= 0.6 is 0 Å². The number of urea groups is 1. The third kappa shape index (κ3) is 2.66. The third-order valence-corrected chi connectivity index (χ3v) is 4.51. The molecule has 2 aliphatic rings. The standard InChI is InChI=1S/C16H19N3O3/c20-9-16(5-6-16)8-17-15(21)18-11-3-4-13-12(7-11)19-14(22-13)10-1-2-10/h3-4,7,10,20H,1-2,5-6,8-9H2,(H2,17,18,21). The number of rotatable bonds is 5. The minimum atomic E-state index is -0.259. The fourth-order valence-electron chi connectivity index (χ4n) is 2.54. The minimum Gasteiger partial charge on any atom is -0.440 e. The van der Waals surface area contributed by atoms with Gasteiger partial charge in [0, 0.05) is 23.6 Å². The zero-order valence-electron chi connectivity index (χ0n) is 12.3. The highest BCUT2D eigenvalue weighted by Gasteiger charge is 2.42. The number of carbonyl (C=O) groups excluding carboxylic acids is 1. The second-order valence-corrected chi connectivity index (χ2v) is 6.47. The molecule has 116 valence electrons. The number of oxazole rings is 1. The summed E-state index contributed by atoms with van der Waals surface area (Å²) in [7, 11) is 0. The fraction of sp³-hybridized carbons (Fsp3) is 0.500. The Bertz CT molecular complexity index is 716. The van der Waals surface area contributed by atoms with Gasteiger partial charge in [0.25, 0.3) is 0 Å². The Labute approximate surface area is 127 Å². The van der Waals surface area contributed by atoms with Crippen LogP contribution in [0.2, 0.25) is 0 Å². The van der Waals surface area contributed by atoms with Crippen LogP contribution in [0.1, 0.15) is 37.5 Å². The van der Waals surface area contributed by atoms with E-state index in [1.807, 2.05) is 18.2 Å². The van der Waals surface area contributed by atoms with Gasteiger partial charge in [-0.25, -0.2) is 9.78 Å². The first kappa shape index (κ1) is 13.6. The molecule has 0 atom stereocenters. The zero-order valence-corrected chi connectivity index (χ0v) is 12.3. The molecule has 6 heteroatoms. The van der Waals surface area contributed by atoms with Crippen molar-refractivity contribution in [1.29, 1.82) is 0 Å². The molecule has 6 nitrogen and oxygen atoms in total. The summed E-state index contributed by atoms with van der Waals surface area (Å²) in [6.45, 7) is 0.634. The number of nitrogens with one attached hydrogen (secondary N) is 2. The minimum absolute atomic E-state index is 0.0907. The van der Waals surface area contributed by atoms with Crippen LogP contribution < -0.4 is 10.6 Å². The molecule has 0 unspecified atom stereocenters. The van der Waals surface area contributed by atoms with E-state index in [0.29, 0.717) is 18.2 Å². The summed E-state index contributed by atoms with van der Waals surface area (Å²) in [4.78, 5) is 16.4. The fourth-order valence-corrected chi connectivity index (χ4v) is 2.54. The molecule has 0 saturated heterocycles. The van der Waals surface area contributed by atoms with Crippen molar-refractivity contribution >= 4 is 22.8 Å². The van der Waals surface area contributed by atoms with Gasteiger partial charge in [0.05, 0.1) is 6.61 Å². The maximum absolute atomic E-state index is 11.9. The Morgan fingerprint density at radius 3 is 2.91 bits per heavy atom. The molecule has 3 N–H and O–H groups in total. The van der Waals surface area contributed by atoms with E-state index in [1.54, 1.807) is 0 Å². The SMILES string of the molecule is O=C(NCC1(CO)CC1)Nc1ccc2oc(C3CC3)nc2c1. The van der Waals surface area contributed by atoms with Crippen LogP contribution in [0.25, 0.3) is 11.1 Å². The largest absolute Gasteiger partial charge is 0.440 e. The van der Waals surface area contributed by atoms with Gasteiger partial charge in [-0.05, 0) is 43.9 Å². The number of fused-ring (bicyclic) bond motifs is 1. The van der Waals surface area contributed by atoms with Crippen molar-refractivity contribution in [3.63, 3.8) is 0 Å². The highest BCUT2D eigenvalue weighted by atomic mass is 16.3. The molecule has 0 bridgehead atoms. The van der Waals surface area contributed by atoms with Crippen molar-refractivity contribution in [2.24, 2.45) is 5.41 Å². The average Bonchev–Trinajstić information content (AvgIpc) is 3.43. The van der Waals surface area contributed by atoms with Gasteiger partial charge >= 0.3 is 6.03 Å². The van der Waals surface area contributed by atoms with Crippen molar-refractivity contribution in [2.45, 2.75) is 31.6 Å². The van der Waals surface area contributed by atoms with Gasteiger partial charge in [0.2, 0.25) is 0 Å². The van der Waals surface area contributed by atoms with E-state index >= 15 is 0 Å². The predicted octanol–water partition coefficient (Wildman–Crippen LogP) is 2.60. The summed E-state index contributed by atoms with van der Waals surface area (Å²) < 4.78 is 5.70. The van der Waals surface area contributed by atoms with Gasteiger partial charge in [0.1, 0.15) is 5.52 Å². The lowest BCUT2D eigenvalue weighted by Crippen LogP contribution is -2.35. The first-order valence-electron chi connectivity index (χ1n) is 7.74. The molecule has 0 spiro atoms. The lowest BCUT2D eigenvalue weighted by atomic mass is 10.1. The predicted molar refractivity (Wildman–Crippen MR) is 81.8 cm³/mol. The van der Waals surface area contributed by atoms with E-state index < -0.39 is 0 Å². The van der Waals surface area contributed by atoms with E-state index in [1.165, 1.54) is 0 Å². The normalized spacial score (nSPS) is 19.1. The molecule has 2 aliphatic carbocycles. The van der Waals surface area contributed by atoms with Crippen LogP contribution in [-0.4, -0.2) is 29.3 Å². The molecule has 1 heterocycles. The van der Waals surface area contributed by atoms with Gasteiger partial charge in [0.15, 0.2) is 11.5 Å². The summed E-state index contributed by atoms with van der Waals surface area (Å²) in [5.41, 5.74) is 2.13. The molecule has 2 aromatic rings. The summed E-state index contributed by atoms with van der Waals surface area (Å²) >= 11 is 0. The van der Waals surface area contributed by atoms with E-state index in [-0.39, 0.29) is 18.1 Å². The number of hydrogen-bond donors (Lipinski definition) is 3. The Balaban J connectivity index is 1.41. The molecule has 1 aromatic heterocycles. The van der Waals surface area contributed by atoms with Crippen molar-refractivity contribution < 1.29 is 14.3 Å². The number of nitrogens with zero attached hydrogens (tertiary/aromatic N) is 1. The lowest BCUT2D eigenvalue weighted by molar-refractivity contribution is 0.206. The summed E-state index contributed by atoms with van der Waals surface area (Å²) in [5, 5.41) is 14.9. The second-order valence-electron chi connectivity index (χ2n) is 6.47. The maximum atomic E-state index is 11.9. The monoisotopic (exact) mass is 301 g/mol. The van der Waals surface area contributed by atoms with Crippen LogP contribution in [-0.2, 0) is 0 Å². The number of amides is 2. The number of benzene rings is 1. The quantitative estimate of drug-likeness (QED) is 0.792. The van der Waals surface area contributed by atoms with E-state index in [4.69, 9.17) is 4.42 Å². The van der Waals surface area contributed by atoms with Gasteiger partial charge in [-0.15, -0.1) is 0 Å². The molecule has 22 heavy (non-hydrogen) atoms. The number of carbonyl (C=O) groups is 1. The number of aliphatic hydroxyl groups is 1. The number of aliphatic hydroxyl groups excluding tert-OH is 1. The van der Waals surface area contributed by atoms with E-state index in [9.17, 15) is 9.90 Å². The summed E-state index contributed by atoms with van der Waals surface area (Å²) in [6.07, 6.45) is 4.23. The zero-order chi connectivity index (χ0) is 15.2. The molecule has 2 amide bonds. The smallest absolute Gasteiger partial charge is 0.319 e. The highest BCUT2D eigenvalue weighted by molar-refractivity contribution is 5.91.